The summed E-state index contributed by atoms with van der Waals surface area (Å²) in [5.74, 6) is 0.322. The molecule has 0 bridgehead atoms. The van der Waals surface area contributed by atoms with Gasteiger partial charge in [-0.3, -0.25) is 9.69 Å². The van der Waals surface area contributed by atoms with Crippen LogP contribution in [-0.4, -0.2) is 22.9 Å². The minimum absolute atomic E-state index is 0.0451. The number of carbonyl (C=O) groups is 2. The first-order valence-electron chi connectivity index (χ1n) is 6.65. The van der Waals surface area contributed by atoms with E-state index in [4.69, 9.17) is 4.42 Å². The Balaban J connectivity index is 1.80. The average molecular weight is 260 g/mol. The van der Waals surface area contributed by atoms with Gasteiger partial charge in [-0.2, -0.15) is 0 Å². The van der Waals surface area contributed by atoms with Crippen LogP contribution in [0.3, 0.4) is 0 Å². The van der Waals surface area contributed by atoms with Crippen molar-refractivity contribution in [1.29, 1.82) is 0 Å². The molecule has 1 aromatic heterocycles. The lowest BCUT2D eigenvalue weighted by atomic mass is 9.94. The van der Waals surface area contributed by atoms with Gasteiger partial charge in [0, 0.05) is 12.1 Å². The zero-order valence-corrected chi connectivity index (χ0v) is 10.6. The molecule has 1 aliphatic carbocycles. The third-order valence-corrected chi connectivity index (χ3v) is 3.68. The predicted octanol–water partition coefficient (Wildman–Crippen LogP) is 2.51. The van der Waals surface area contributed by atoms with Crippen molar-refractivity contribution >= 4 is 18.0 Å². The zero-order chi connectivity index (χ0) is 13.2. The van der Waals surface area contributed by atoms with E-state index in [1.54, 1.807) is 18.2 Å². The highest BCUT2D eigenvalue weighted by Crippen LogP contribution is 2.26. The molecule has 5 nitrogen and oxygen atoms in total. The molecule has 2 heterocycles. The van der Waals surface area contributed by atoms with E-state index in [-0.39, 0.29) is 18.0 Å². The standard InChI is InChI=1S/C14H16N2O3/c17-13-12(9-11-7-4-8-19-11)15-14(18)16(13)10-5-2-1-3-6-10/h4,7-10H,1-3,5-6H2,(H,15,18)/b12-9-. The molecule has 19 heavy (non-hydrogen) atoms. The summed E-state index contributed by atoms with van der Waals surface area (Å²) in [7, 11) is 0. The van der Waals surface area contributed by atoms with Crippen LogP contribution in [0.1, 0.15) is 37.9 Å². The van der Waals surface area contributed by atoms with Gasteiger partial charge in [-0.25, -0.2) is 4.79 Å². The fourth-order valence-corrected chi connectivity index (χ4v) is 2.74. The number of rotatable bonds is 2. The maximum atomic E-state index is 12.3. The molecule has 100 valence electrons. The van der Waals surface area contributed by atoms with E-state index in [9.17, 15) is 9.59 Å². The van der Waals surface area contributed by atoms with Gasteiger partial charge in [-0.05, 0) is 25.0 Å². The van der Waals surface area contributed by atoms with Gasteiger partial charge in [0.15, 0.2) is 0 Å². The molecule has 0 atom stereocenters. The second-order valence-corrected chi connectivity index (χ2v) is 4.97. The van der Waals surface area contributed by atoms with Gasteiger partial charge in [-0.15, -0.1) is 0 Å². The Morgan fingerprint density at radius 1 is 1.26 bits per heavy atom. The molecule has 1 N–H and O–H groups in total. The van der Waals surface area contributed by atoms with Crippen LogP contribution in [0.4, 0.5) is 4.79 Å². The quantitative estimate of drug-likeness (QED) is 0.656. The van der Waals surface area contributed by atoms with E-state index in [2.05, 4.69) is 5.32 Å². The minimum atomic E-state index is -0.310. The molecular weight excluding hydrogens is 244 g/mol. The molecule has 2 aliphatic rings. The van der Waals surface area contributed by atoms with Crippen molar-refractivity contribution in [2.24, 2.45) is 0 Å². The highest BCUT2D eigenvalue weighted by atomic mass is 16.3. The van der Waals surface area contributed by atoms with Crippen molar-refractivity contribution in [3.63, 3.8) is 0 Å². The number of nitrogens with zero attached hydrogens (tertiary/aromatic N) is 1. The normalized spacial score (nSPS) is 23.2. The number of amides is 3. The van der Waals surface area contributed by atoms with Crippen LogP contribution < -0.4 is 5.32 Å². The number of furan rings is 1. The summed E-state index contributed by atoms with van der Waals surface area (Å²) in [6.07, 6.45) is 8.28. The van der Waals surface area contributed by atoms with Crippen molar-refractivity contribution in [2.75, 3.05) is 0 Å². The van der Waals surface area contributed by atoms with E-state index in [1.807, 2.05) is 0 Å². The van der Waals surface area contributed by atoms with Gasteiger partial charge in [0.2, 0.25) is 0 Å². The maximum Gasteiger partial charge on any atom is 0.329 e. The van der Waals surface area contributed by atoms with E-state index in [1.165, 1.54) is 17.6 Å². The Bertz CT molecular complexity index is 513. The van der Waals surface area contributed by atoms with Gasteiger partial charge in [-0.1, -0.05) is 19.3 Å². The van der Waals surface area contributed by atoms with Gasteiger partial charge in [0.05, 0.1) is 6.26 Å². The van der Waals surface area contributed by atoms with Gasteiger partial charge in [0.1, 0.15) is 11.5 Å². The lowest BCUT2D eigenvalue weighted by Gasteiger charge is -2.28. The molecule has 1 saturated heterocycles. The molecule has 2 fully saturated rings. The summed E-state index contributed by atoms with van der Waals surface area (Å²) in [6.45, 7) is 0. The monoisotopic (exact) mass is 260 g/mol. The smallest absolute Gasteiger partial charge is 0.329 e. The van der Waals surface area contributed by atoms with Crippen LogP contribution >= 0.6 is 0 Å². The van der Waals surface area contributed by atoms with Gasteiger partial charge in [0.25, 0.3) is 5.91 Å². The molecule has 1 saturated carbocycles. The van der Waals surface area contributed by atoms with Crippen LogP contribution in [-0.2, 0) is 4.79 Å². The lowest BCUT2D eigenvalue weighted by molar-refractivity contribution is -0.124. The second kappa shape index (κ2) is 4.91. The Morgan fingerprint density at radius 2 is 2.05 bits per heavy atom. The van der Waals surface area contributed by atoms with Crippen LogP contribution in [0.5, 0.6) is 0 Å². The lowest BCUT2D eigenvalue weighted by Crippen LogP contribution is -2.41. The molecule has 1 aromatic rings. The number of nitrogens with one attached hydrogen (secondary N) is 1. The second-order valence-electron chi connectivity index (χ2n) is 4.97. The number of urea groups is 1. The van der Waals surface area contributed by atoms with Gasteiger partial charge < -0.3 is 9.73 Å². The summed E-state index contributed by atoms with van der Waals surface area (Å²) in [5.41, 5.74) is 0.297. The Morgan fingerprint density at radius 3 is 2.74 bits per heavy atom. The average Bonchev–Trinajstić information content (AvgIpc) is 3.01. The van der Waals surface area contributed by atoms with Crippen LogP contribution in [0.2, 0.25) is 0 Å². The van der Waals surface area contributed by atoms with Crippen molar-refractivity contribution in [3.05, 3.63) is 29.9 Å². The molecule has 0 unspecified atom stereocenters. The first kappa shape index (κ1) is 12.0. The highest BCUT2D eigenvalue weighted by Gasteiger charge is 2.38. The maximum absolute atomic E-state index is 12.3. The number of carbonyl (C=O) groups excluding carboxylic acids is 2. The summed E-state index contributed by atoms with van der Waals surface area (Å²) < 4.78 is 5.16. The molecule has 0 aromatic carbocycles. The van der Waals surface area contributed by atoms with Crippen molar-refractivity contribution in [1.82, 2.24) is 10.2 Å². The SMILES string of the molecule is O=C1N/C(=C\c2ccco2)C(=O)N1C1CCCCC1. The van der Waals surface area contributed by atoms with E-state index >= 15 is 0 Å². The Kier molecular flexibility index (Phi) is 3.11. The fourth-order valence-electron chi connectivity index (χ4n) is 2.74. The third-order valence-electron chi connectivity index (χ3n) is 3.68. The molecule has 0 spiro atoms. The molecule has 3 rings (SSSR count). The van der Waals surface area contributed by atoms with Crippen molar-refractivity contribution in [2.45, 2.75) is 38.1 Å². The summed E-state index contributed by atoms with van der Waals surface area (Å²) in [5, 5.41) is 2.63. The Hall–Kier alpha value is -2.04. The molecule has 0 radical (unpaired) electrons. The predicted molar refractivity (Wildman–Crippen MR) is 68.9 cm³/mol. The largest absolute Gasteiger partial charge is 0.465 e. The highest BCUT2D eigenvalue weighted by molar-refractivity contribution is 6.14. The number of hydrogen-bond acceptors (Lipinski definition) is 3. The number of imide groups is 1. The van der Waals surface area contributed by atoms with E-state index in [0.29, 0.717) is 11.5 Å². The topological polar surface area (TPSA) is 62.6 Å². The summed E-state index contributed by atoms with van der Waals surface area (Å²) in [6, 6.07) is 3.22. The van der Waals surface area contributed by atoms with Crippen molar-refractivity contribution in [3.8, 4) is 0 Å². The zero-order valence-electron chi connectivity index (χ0n) is 10.6. The molecule has 3 amide bonds. The first-order valence-corrected chi connectivity index (χ1v) is 6.65. The minimum Gasteiger partial charge on any atom is -0.465 e. The summed E-state index contributed by atoms with van der Waals surface area (Å²) >= 11 is 0. The van der Waals surface area contributed by atoms with Crippen molar-refractivity contribution < 1.29 is 14.0 Å². The Labute approximate surface area is 111 Å². The van der Waals surface area contributed by atoms with Gasteiger partial charge >= 0.3 is 6.03 Å². The molecular formula is C14H16N2O3. The van der Waals surface area contributed by atoms with Crippen LogP contribution in [0, 0.1) is 0 Å². The van der Waals surface area contributed by atoms with E-state index in [0.717, 1.165) is 25.7 Å². The third kappa shape index (κ3) is 2.28. The molecule has 1 aliphatic heterocycles. The molecule has 5 heteroatoms. The number of hydrogen-bond donors (Lipinski definition) is 1. The van der Waals surface area contributed by atoms with Crippen LogP contribution in [0.25, 0.3) is 6.08 Å². The van der Waals surface area contributed by atoms with Crippen LogP contribution in [0.15, 0.2) is 28.5 Å². The fraction of sp³-hybridized carbons (Fsp3) is 0.429. The first-order chi connectivity index (χ1) is 9.25. The van der Waals surface area contributed by atoms with E-state index < -0.39 is 0 Å². The summed E-state index contributed by atoms with van der Waals surface area (Å²) in [4.78, 5) is 25.6.